The summed E-state index contributed by atoms with van der Waals surface area (Å²) in [5.41, 5.74) is 0.797. The summed E-state index contributed by atoms with van der Waals surface area (Å²) in [6.07, 6.45) is 4.09. The van der Waals surface area contributed by atoms with E-state index in [1.165, 1.54) is 6.42 Å². The molecule has 27 heavy (non-hydrogen) atoms. The van der Waals surface area contributed by atoms with Gasteiger partial charge >= 0.3 is 0 Å². The molecule has 1 aromatic heterocycles. The summed E-state index contributed by atoms with van der Waals surface area (Å²) >= 11 is 1.63. The number of hydrogen-bond acceptors (Lipinski definition) is 7. The Hall–Kier alpha value is -2.12. The van der Waals surface area contributed by atoms with E-state index in [9.17, 15) is 5.11 Å². The topological polar surface area (TPSA) is 63.5 Å². The van der Waals surface area contributed by atoms with Crippen LogP contribution in [-0.2, 0) is 0 Å². The number of aromatic hydroxyl groups is 1. The molecular weight excluding hydrogens is 358 g/mol. The Kier molecular flexibility index (Phi) is 5.06. The quantitative estimate of drug-likeness (QED) is 0.825. The number of benzene rings is 1. The van der Waals surface area contributed by atoms with Gasteiger partial charge in [0.15, 0.2) is 12.0 Å². The van der Waals surface area contributed by atoms with E-state index in [1.807, 2.05) is 23.7 Å². The van der Waals surface area contributed by atoms with Crippen molar-refractivity contribution in [2.45, 2.75) is 44.9 Å². The fourth-order valence-electron chi connectivity index (χ4n) is 3.88. The Morgan fingerprint density at radius 1 is 1.30 bits per heavy atom. The smallest absolute Gasteiger partial charge is 0.172 e. The minimum atomic E-state index is -0.311. The van der Waals surface area contributed by atoms with Crippen molar-refractivity contribution in [3.63, 3.8) is 0 Å². The van der Waals surface area contributed by atoms with E-state index in [2.05, 4.69) is 52.3 Å². The summed E-state index contributed by atoms with van der Waals surface area (Å²) in [7, 11) is 2.16. The van der Waals surface area contributed by atoms with Gasteiger partial charge in [-0.1, -0.05) is 0 Å². The van der Waals surface area contributed by atoms with Gasteiger partial charge in [-0.15, -0.1) is 16.5 Å². The van der Waals surface area contributed by atoms with Crippen molar-refractivity contribution in [1.29, 1.82) is 0 Å². The number of nitrogens with one attached hydrogen (secondary N) is 1. The molecule has 0 spiro atoms. The number of thiophene rings is 1. The van der Waals surface area contributed by atoms with Gasteiger partial charge in [-0.2, -0.15) is 5.11 Å². The normalized spacial score (nSPS) is 23.9. The molecule has 0 aliphatic carbocycles. The van der Waals surface area contributed by atoms with Gasteiger partial charge in [0, 0.05) is 40.5 Å². The summed E-state index contributed by atoms with van der Waals surface area (Å²) in [5, 5.41) is 26.2. The lowest BCUT2D eigenvalue weighted by atomic mass is 10.1. The van der Waals surface area contributed by atoms with Crippen molar-refractivity contribution < 1.29 is 5.11 Å². The molecule has 1 unspecified atom stereocenters. The second kappa shape index (κ2) is 7.48. The average molecular weight is 386 g/mol. The first-order valence-electron chi connectivity index (χ1n) is 9.57. The van der Waals surface area contributed by atoms with Crippen molar-refractivity contribution in [2.75, 3.05) is 20.1 Å². The van der Waals surface area contributed by atoms with Crippen LogP contribution < -0.4 is 5.32 Å². The van der Waals surface area contributed by atoms with Gasteiger partial charge < -0.3 is 20.2 Å². The average Bonchev–Trinajstić information content (AvgIpc) is 3.12. The Labute approximate surface area is 164 Å². The first kappa shape index (κ1) is 18.3. The third kappa shape index (κ3) is 3.66. The molecule has 3 heterocycles. The zero-order chi connectivity index (χ0) is 19.0. The fraction of sp³-hybridized carbons (Fsp3) is 0.500. The zero-order valence-electron chi connectivity index (χ0n) is 16.1. The van der Waals surface area contributed by atoms with E-state index in [0.29, 0.717) is 11.8 Å². The minimum Gasteiger partial charge on any atom is -0.507 e. The minimum absolute atomic E-state index is 0.234. The Morgan fingerprint density at radius 2 is 2.15 bits per heavy atom. The van der Waals surface area contributed by atoms with Gasteiger partial charge in [0.1, 0.15) is 5.75 Å². The van der Waals surface area contributed by atoms with Gasteiger partial charge in [-0.25, -0.2) is 0 Å². The first-order chi connectivity index (χ1) is 13.0. The monoisotopic (exact) mass is 385 g/mol. The Morgan fingerprint density at radius 3 is 2.93 bits per heavy atom. The van der Waals surface area contributed by atoms with Crippen LogP contribution in [-0.4, -0.2) is 47.1 Å². The van der Waals surface area contributed by atoms with Crippen molar-refractivity contribution in [3.05, 3.63) is 41.2 Å². The van der Waals surface area contributed by atoms with Crippen LogP contribution in [0.5, 0.6) is 5.75 Å². The van der Waals surface area contributed by atoms with Crippen LogP contribution in [0.15, 0.2) is 45.8 Å². The van der Waals surface area contributed by atoms with Gasteiger partial charge in [-0.05, 0) is 63.9 Å². The lowest BCUT2D eigenvalue weighted by molar-refractivity contribution is 0.203. The summed E-state index contributed by atoms with van der Waals surface area (Å²) in [4.78, 5) is 4.51. The highest BCUT2D eigenvalue weighted by Crippen LogP contribution is 2.40. The highest BCUT2D eigenvalue weighted by molar-refractivity contribution is 7.17. The fourth-order valence-corrected chi connectivity index (χ4v) is 4.67. The number of likely N-dealkylation sites (N-methyl/N-ethyl adjacent to an activating group) is 1. The summed E-state index contributed by atoms with van der Waals surface area (Å²) in [5.74, 6) is 1.11. The SMILES string of the molecule is CC(C)N1C=C(NC2CCCN(C)C2)N=N[C@@H]1c1ccc2sccc2c1O. The van der Waals surface area contributed by atoms with Gasteiger partial charge in [0.2, 0.25) is 0 Å². The number of fused-ring (bicyclic) bond motifs is 1. The number of piperidine rings is 1. The van der Waals surface area contributed by atoms with Crippen molar-refractivity contribution in [2.24, 2.45) is 10.2 Å². The molecule has 0 amide bonds. The molecule has 2 aromatic rings. The van der Waals surface area contributed by atoms with Gasteiger partial charge in [0.05, 0.1) is 0 Å². The third-order valence-electron chi connectivity index (χ3n) is 5.32. The molecule has 144 valence electrons. The molecule has 6 nitrogen and oxygen atoms in total. The van der Waals surface area contributed by atoms with Crippen molar-refractivity contribution in [1.82, 2.24) is 15.1 Å². The number of hydrogen-bond donors (Lipinski definition) is 2. The molecule has 2 atom stereocenters. The Balaban J connectivity index is 1.59. The number of likely N-dealkylation sites (tertiary alicyclic amines) is 1. The molecule has 0 bridgehead atoms. The maximum absolute atomic E-state index is 10.8. The maximum atomic E-state index is 10.8. The van der Waals surface area contributed by atoms with Gasteiger partial charge in [0.25, 0.3) is 0 Å². The van der Waals surface area contributed by atoms with E-state index in [-0.39, 0.29) is 12.2 Å². The maximum Gasteiger partial charge on any atom is 0.172 e. The van der Waals surface area contributed by atoms with E-state index >= 15 is 0 Å². The van der Waals surface area contributed by atoms with Gasteiger partial charge in [-0.3, -0.25) is 0 Å². The highest BCUT2D eigenvalue weighted by atomic mass is 32.1. The van der Waals surface area contributed by atoms with E-state index < -0.39 is 0 Å². The molecule has 4 rings (SSSR count). The molecule has 0 radical (unpaired) electrons. The van der Waals surface area contributed by atoms with Crippen LogP contribution in [0, 0.1) is 0 Å². The summed E-state index contributed by atoms with van der Waals surface area (Å²) in [6, 6.07) is 6.61. The number of azo groups is 1. The van der Waals surface area contributed by atoms with Crippen molar-refractivity contribution >= 4 is 21.4 Å². The first-order valence-corrected chi connectivity index (χ1v) is 10.4. The standard InChI is InChI=1S/C20H27N5OS/c1-13(2)25-12-18(21-14-5-4-9-24(3)11-14)22-23-20(25)16-6-7-17-15(19(16)26)8-10-27-17/h6-8,10,12-14,20-21,26H,4-5,9,11H2,1-3H3/t14?,20-/m0/s1. The van der Waals surface area contributed by atoms with Crippen LogP contribution in [0.4, 0.5) is 0 Å². The largest absolute Gasteiger partial charge is 0.507 e. The summed E-state index contributed by atoms with van der Waals surface area (Å²) in [6.45, 7) is 6.45. The molecular formula is C20H27N5OS. The Bertz CT molecular complexity index is 874. The molecule has 2 aliphatic heterocycles. The molecule has 2 aliphatic rings. The lowest BCUT2D eigenvalue weighted by Crippen LogP contribution is -2.44. The third-order valence-corrected chi connectivity index (χ3v) is 6.20. The predicted molar refractivity (Wildman–Crippen MR) is 110 cm³/mol. The highest BCUT2D eigenvalue weighted by Gasteiger charge is 2.28. The van der Waals surface area contributed by atoms with E-state index in [1.54, 1.807) is 11.3 Å². The van der Waals surface area contributed by atoms with Crippen LogP contribution in [0.3, 0.4) is 0 Å². The molecule has 1 fully saturated rings. The van der Waals surface area contributed by atoms with Crippen LogP contribution in [0.1, 0.15) is 38.4 Å². The number of rotatable bonds is 4. The van der Waals surface area contributed by atoms with Crippen LogP contribution in [0.25, 0.3) is 10.1 Å². The molecule has 7 heteroatoms. The van der Waals surface area contributed by atoms with Crippen LogP contribution >= 0.6 is 11.3 Å². The molecule has 1 aromatic carbocycles. The van der Waals surface area contributed by atoms with E-state index in [4.69, 9.17) is 0 Å². The van der Waals surface area contributed by atoms with Crippen molar-refractivity contribution in [3.8, 4) is 5.75 Å². The number of phenolic OH excluding ortho intramolecular Hbond substituents is 1. The lowest BCUT2D eigenvalue weighted by Gasteiger charge is -2.36. The molecule has 2 N–H and O–H groups in total. The predicted octanol–water partition coefficient (Wildman–Crippen LogP) is 4.26. The molecule has 1 saturated heterocycles. The van der Waals surface area contributed by atoms with E-state index in [0.717, 1.165) is 41.0 Å². The number of nitrogens with zero attached hydrogens (tertiary/aromatic N) is 4. The number of phenols is 1. The molecule has 0 saturated carbocycles. The second-order valence-corrected chi connectivity index (χ2v) is 8.67. The zero-order valence-corrected chi connectivity index (χ0v) is 16.9. The second-order valence-electron chi connectivity index (χ2n) is 7.73. The van der Waals surface area contributed by atoms with Crippen LogP contribution in [0.2, 0.25) is 0 Å². The summed E-state index contributed by atoms with van der Waals surface area (Å²) < 4.78 is 1.08.